The van der Waals surface area contributed by atoms with Gasteiger partial charge in [0, 0.05) is 45.9 Å². The average molecular weight is 613 g/mol. The molecule has 5 aromatic rings. The van der Waals surface area contributed by atoms with Crippen molar-refractivity contribution in [2.24, 2.45) is 11.8 Å². The van der Waals surface area contributed by atoms with Crippen molar-refractivity contribution in [3.63, 3.8) is 0 Å². The zero-order valence-electron chi connectivity index (χ0n) is 26.5. The molecule has 3 heterocycles. The molecule has 0 radical (unpaired) electrons. The Morgan fingerprint density at radius 3 is 2.40 bits per heavy atom. The smallest absolute Gasteiger partial charge is 0.142 e. The van der Waals surface area contributed by atoms with Gasteiger partial charge in [0.15, 0.2) is 0 Å². The number of hydrogen-bond acceptors (Lipinski definition) is 3. The molecule has 8 rings (SSSR count). The summed E-state index contributed by atoms with van der Waals surface area (Å²) in [5, 5.41) is 1.13. The quantitative estimate of drug-likeness (QED) is 0.129. The van der Waals surface area contributed by atoms with E-state index in [0.29, 0.717) is 6.42 Å². The fourth-order valence-corrected chi connectivity index (χ4v) is 7.19. The van der Waals surface area contributed by atoms with Crippen molar-refractivity contribution in [2.45, 2.75) is 25.9 Å². The standard InChI is InChI=1S/C44H36O3/c1-4-31(32-13-7-5-8-14-32)25-36-28(2)45-29(3)37(36)27-40-39-26-34(33-15-9-6-10-16-33)20-22-43(39)47-44(40)24-30-19-21-42-38(23-30)35-17-11-12-18-41(35)46-42/h4-23,25-26,30,37,42H,1,3,24,27H2,2H3/b31-25+. The Hall–Kier alpha value is -5.54. The van der Waals surface area contributed by atoms with Crippen LogP contribution in [0.4, 0.5) is 0 Å². The summed E-state index contributed by atoms with van der Waals surface area (Å²) in [4.78, 5) is 0. The van der Waals surface area contributed by atoms with Gasteiger partial charge in [-0.25, -0.2) is 0 Å². The van der Waals surface area contributed by atoms with Crippen LogP contribution in [0.25, 0.3) is 33.2 Å². The summed E-state index contributed by atoms with van der Waals surface area (Å²) in [5.74, 6) is 3.72. The average Bonchev–Trinajstić information content (AvgIpc) is 3.74. The number of para-hydroxylation sites is 1. The fourth-order valence-electron chi connectivity index (χ4n) is 7.19. The maximum absolute atomic E-state index is 6.74. The molecule has 3 atom stereocenters. The minimum absolute atomic E-state index is 0.0303. The lowest BCUT2D eigenvalue weighted by atomic mass is 9.85. The Morgan fingerprint density at radius 1 is 0.830 bits per heavy atom. The summed E-state index contributed by atoms with van der Waals surface area (Å²) < 4.78 is 19.2. The van der Waals surface area contributed by atoms with E-state index in [-0.39, 0.29) is 17.9 Å². The van der Waals surface area contributed by atoms with Crippen LogP contribution in [0.2, 0.25) is 0 Å². The monoisotopic (exact) mass is 612 g/mol. The first kappa shape index (κ1) is 28.9. The largest absolute Gasteiger partial charge is 0.481 e. The first-order valence-corrected chi connectivity index (χ1v) is 16.3. The van der Waals surface area contributed by atoms with Gasteiger partial charge in [-0.2, -0.15) is 0 Å². The molecule has 0 N–H and O–H groups in total. The number of furan rings is 1. The van der Waals surface area contributed by atoms with E-state index in [1.807, 2.05) is 31.2 Å². The molecule has 47 heavy (non-hydrogen) atoms. The van der Waals surface area contributed by atoms with E-state index in [1.54, 1.807) is 0 Å². The molecule has 4 aromatic carbocycles. The zero-order chi connectivity index (χ0) is 31.9. The van der Waals surface area contributed by atoms with Gasteiger partial charge in [-0.05, 0) is 66.0 Å². The van der Waals surface area contributed by atoms with Crippen LogP contribution in [-0.4, -0.2) is 6.10 Å². The van der Waals surface area contributed by atoms with Crippen molar-refractivity contribution in [3.05, 3.63) is 186 Å². The first-order valence-electron chi connectivity index (χ1n) is 16.3. The normalized spacial score (nSPS) is 20.1. The Labute approximate surface area is 276 Å². The van der Waals surface area contributed by atoms with Crippen molar-refractivity contribution < 1.29 is 13.9 Å². The molecule has 3 unspecified atom stereocenters. The van der Waals surface area contributed by atoms with E-state index < -0.39 is 0 Å². The van der Waals surface area contributed by atoms with Gasteiger partial charge in [-0.15, -0.1) is 0 Å². The van der Waals surface area contributed by atoms with Crippen LogP contribution < -0.4 is 4.74 Å². The molecule has 1 aromatic heterocycles. The molecular formula is C44H36O3. The van der Waals surface area contributed by atoms with Crippen LogP contribution in [0, 0.1) is 11.8 Å². The molecule has 3 heteroatoms. The Kier molecular flexibility index (Phi) is 7.38. The second-order valence-electron chi connectivity index (χ2n) is 12.5. The maximum Gasteiger partial charge on any atom is 0.142 e. The number of ether oxygens (including phenoxy) is 2. The van der Waals surface area contributed by atoms with Crippen LogP contribution in [0.1, 0.15) is 29.4 Å². The van der Waals surface area contributed by atoms with Gasteiger partial charge < -0.3 is 13.9 Å². The molecule has 1 aliphatic carbocycles. The molecule has 3 aliphatic rings. The highest BCUT2D eigenvalue weighted by Gasteiger charge is 2.33. The van der Waals surface area contributed by atoms with Crippen molar-refractivity contribution in [1.29, 1.82) is 0 Å². The fraction of sp³-hybridized carbons (Fsp3) is 0.136. The summed E-state index contributed by atoms with van der Waals surface area (Å²) >= 11 is 0. The molecule has 0 amide bonds. The first-order chi connectivity index (χ1) is 23.1. The van der Waals surface area contributed by atoms with Gasteiger partial charge in [-0.3, -0.25) is 0 Å². The van der Waals surface area contributed by atoms with Crippen molar-refractivity contribution >= 4 is 22.1 Å². The van der Waals surface area contributed by atoms with Crippen molar-refractivity contribution in [2.75, 3.05) is 0 Å². The Morgan fingerprint density at radius 2 is 1.60 bits per heavy atom. The summed E-state index contributed by atoms with van der Waals surface area (Å²) in [6.45, 7) is 10.5. The SMILES string of the molecule is C=C/C(=C\C1=C(C)OC(=C)C1Cc1c(CC2C=CC3Oc4ccccc4C3=C2)oc2ccc(-c3ccccc3)cc12)c1ccccc1. The summed E-state index contributed by atoms with van der Waals surface area (Å²) in [6.07, 6.45) is 12.4. The van der Waals surface area contributed by atoms with Crippen LogP contribution in [0.3, 0.4) is 0 Å². The molecule has 2 aliphatic heterocycles. The maximum atomic E-state index is 6.74. The Balaban J connectivity index is 1.20. The lowest BCUT2D eigenvalue weighted by molar-refractivity contribution is 0.308. The predicted octanol–water partition coefficient (Wildman–Crippen LogP) is 10.9. The zero-order valence-corrected chi connectivity index (χ0v) is 26.5. The molecule has 0 saturated heterocycles. The third-order valence-electron chi connectivity index (χ3n) is 9.59. The highest BCUT2D eigenvalue weighted by atomic mass is 16.5. The highest BCUT2D eigenvalue weighted by Crippen LogP contribution is 2.44. The van der Waals surface area contributed by atoms with E-state index in [1.165, 1.54) is 27.8 Å². The second-order valence-corrected chi connectivity index (χ2v) is 12.5. The van der Waals surface area contributed by atoms with Gasteiger partial charge in [0.05, 0.1) is 0 Å². The van der Waals surface area contributed by atoms with Crippen molar-refractivity contribution in [1.82, 2.24) is 0 Å². The number of benzene rings is 4. The lowest BCUT2D eigenvalue weighted by Gasteiger charge is -2.18. The van der Waals surface area contributed by atoms with Crippen LogP contribution >= 0.6 is 0 Å². The molecule has 0 bridgehead atoms. The van der Waals surface area contributed by atoms with Gasteiger partial charge in [-0.1, -0.05) is 116 Å². The lowest BCUT2D eigenvalue weighted by Crippen LogP contribution is -2.15. The van der Waals surface area contributed by atoms with Crippen LogP contribution in [-0.2, 0) is 17.6 Å². The van der Waals surface area contributed by atoms with E-state index >= 15 is 0 Å². The molecule has 230 valence electrons. The summed E-state index contributed by atoms with van der Waals surface area (Å²) in [6, 6.07) is 35.7. The van der Waals surface area contributed by atoms with E-state index in [0.717, 1.165) is 57.1 Å². The topological polar surface area (TPSA) is 31.6 Å². The third kappa shape index (κ3) is 5.38. The van der Waals surface area contributed by atoms with Gasteiger partial charge in [0.1, 0.15) is 34.7 Å². The van der Waals surface area contributed by atoms with Crippen LogP contribution in [0.15, 0.2) is 168 Å². The molecular weight excluding hydrogens is 576 g/mol. The third-order valence-corrected chi connectivity index (χ3v) is 9.59. The number of fused-ring (bicyclic) bond motifs is 4. The predicted molar refractivity (Wildman–Crippen MR) is 192 cm³/mol. The number of rotatable bonds is 8. The van der Waals surface area contributed by atoms with Gasteiger partial charge in [0.2, 0.25) is 0 Å². The molecule has 0 fully saturated rings. The second kappa shape index (κ2) is 12.0. The van der Waals surface area contributed by atoms with Crippen molar-refractivity contribution in [3.8, 4) is 16.9 Å². The molecule has 0 spiro atoms. The highest BCUT2D eigenvalue weighted by molar-refractivity contribution is 5.88. The Bertz CT molecular complexity index is 2140. The summed E-state index contributed by atoms with van der Waals surface area (Å²) in [7, 11) is 0. The summed E-state index contributed by atoms with van der Waals surface area (Å²) in [5.41, 5.74) is 10.2. The van der Waals surface area contributed by atoms with E-state index in [9.17, 15) is 0 Å². The van der Waals surface area contributed by atoms with E-state index in [4.69, 9.17) is 13.9 Å². The molecule has 0 saturated carbocycles. The number of allylic oxidation sites excluding steroid dienone is 7. The van der Waals surface area contributed by atoms with Crippen LogP contribution in [0.5, 0.6) is 5.75 Å². The molecule has 3 nitrogen and oxygen atoms in total. The number of hydrogen-bond donors (Lipinski definition) is 0. The minimum atomic E-state index is -0.0339. The van der Waals surface area contributed by atoms with Gasteiger partial charge in [0.25, 0.3) is 0 Å². The van der Waals surface area contributed by atoms with Gasteiger partial charge >= 0.3 is 0 Å². The van der Waals surface area contributed by atoms with E-state index in [2.05, 4.69) is 122 Å². The minimum Gasteiger partial charge on any atom is -0.481 e.